The first kappa shape index (κ1) is 53.3. The third-order valence-corrected chi connectivity index (χ3v) is 21.3. The zero-order chi connectivity index (χ0) is 58.6. The fraction of sp³-hybridized carbons (Fsp3) is 0.359. The van der Waals surface area contributed by atoms with Gasteiger partial charge in [0.05, 0.1) is 16.9 Å². The number of para-hydroxylation sites is 1. The van der Waals surface area contributed by atoms with Crippen LogP contribution in [0.2, 0.25) is 0 Å². The highest BCUT2D eigenvalue weighted by Gasteiger charge is 2.43. The number of hydrogen-bond acceptors (Lipinski definition) is 5. The van der Waals surface area contributed by atoms with E-state index in [2.05, 4.69) is 255 Å². The molecule has 1 aliphatic heterocycles. The first-order chi connectivity index (χ1) is 39.7. The molecule has 0 spiro atoms. The van der Waals surface area contributed by atoms with Crippen LogP contribution in [0.15, 0.2) is 147 Å². The van der Waals surface area contributed by atoms with E-state index >= 15 is 0 Å². The number of fused-ring (bicyclic) bond motifs is 13. The van der Waals surface area contributed by atoms with Gasteiger partial charge in [-0.3, -0.25) is 4.90 Å². The Hall–Kier alpha value is -7.44. The minimum atomic E-state index is -0.0999. The van der Waals surface area contributed by atoms with Crippen molar-refractivity contribution in [2.75, 3.05) is 10.2 Å². The molecule has 15 rings (SSSR count). The summed E-state index contributed by atoms with van der Waals surface area (Å²) in [7, 11) is 2.44. The number of hydrogen-bond donors (Lipinski definition) is 1. The second-order valence-corrected chi connectivity index (χ2v) is 30.8. The quantitative estimate of drug-likeness (QED) is 0.174. The summed E-state index contributed by atoms with van der Waals surface area (Å²) in [5, 5.41) is 9.57. The lowest BCUT2D eigenvalue weighted by molar-refractivity contribution is 0.332. The van der Waals surface area contributed by atoms with Gasteiger partial charge in [0.1, 0.15) is 27.9 Å². The van der Waals surface area contributed by atoms with Crippen LogP contribution in [0.4, 0.5) is 28.6 Å². The Morgan fingerprint density at radius 2 is 0.964 bits per heavy atom. The van der Waals surface area contributed by atoms with Crippen LogP contribution in [0.1, 0.15) is 181 Å². The molecule has 6 heteroatoms. The summed E-state index contributed by atoms with van der Waals surface area (Å²) in [4.78, 5) is 2.46. The van der Waals surface area contributed by atoms with Crippen LogP contribution in [0.5, 0.6) is 0 Å². The zero-order valence-electron chi connectivity index (χ0n) is 52.2. The van der Waals surface area contributed by atoms with Gasteiger partial charge in [-0.2, -0.15) is 0 Å². The number of nitrogens with one attached hydrogen (secondary N) is 1. The molecule has 5 nitrogen and oxygen atoms in total. The predicted octanol–water partition coefficient (Wildman–Crippen LogP) is 21.1. The van der Waals surface area contributed by atoms with Crippen LogP contribution >= 0.6 is 0 Å². The van der Waals surface area contributed by atoms with Crippen molar-refractivity contribution in [1.29, 1.82) is 0 Å². The Morgan fingerprint density at radius 1 is 0.417 bits per heavy atom. The second-order valence-electron chi connectivity index (χ2n) is 30.8. The van der Waals surface area contributed by atoms with Crippen LogP contribution in [-0.2, 0) is 37.9 Å². The maximum Gasteiger partial charge on any atom is 0.203 e. The molecule has 0 saturated heterocycles. The number of anilines is 5. The first-order valence-electron chi connectivity index (χ1n) is 31.1. The molecule has 84 heavy (non-hydrogen) atoms. The van der Waals surface area contributed by atoms with Gasteiger partial charge >= 0.3 is 0 Å². The summed E-state index contributed by atoms with van der Waals surface area (Å²) in [5.74, 6) is 0.810. The molecule has 1 radical (unpaired) electrons. The van der Waals surface area contributed by atoms with Crippen molar-refractivity contribution in [2.45, 2.75) is 180 Å². The van der Waals surface area contributed by atoms with Gasteiger partial charge in [0.2, 0.25) is 7.28 Å². The molecule has 11 aromatic rings. The van der Waals surface area contributed by atoms with Crippen molar-refractivity contribution in [3.63, 3.8) is 0 Å². The lowest BCUT2D eigenvalue weighted by atomic mass is 9.57. The van der Waals surface area contributed by atoms with Crippen molar-refractivity contribution in [3.05, 3.63) is 172 Å². The molecule has 0 saturated carbocycles. The lowest BCUT2D eigenvalue weighted by Crippen LogP contribution is -2.40. The largest absolute Gasteiger partial charge is 0.455 e. The molecule has 0 fully saturated rings. The summed E-state index contributed by atoms with van der Waals surface area (Å²) in [6, 6.07) is 50.5. The van der Waals surface area contributed by atoms with E-state index in [9.17, 15) is 0 Å². The molecular formula is C78H80BN2O3. The van der Waals surface area contributed by atoms with Crippen molar-refractivity contribution in [3.8, 4) is 22.3 Å². The first-order valence-corrected chi connectivity index (χ1v) is 31.1. The third kappa shape index (κ3) is 7.93. The van der Waals surface area contributed by atoms with Gasteiger partial charge in [0.25, 0.3) is 0 Å². The van der Waals surface area contributed by atoms with Gasteiger partial charge in [0, 0.05) is 49.4 Å². The summed E-state index contributed by atoms with van der Waals surface area (Å²) >= 11 is 0. The molecule has 0 amide bonds. The molecule has 8 aromatic carbocycles. The highest BCUT2D eigenvalue weighted by atomic mass is 16.4. The number of nitrogens with zero attached hydrogens (tertiary/aromatic N) is 1. The summed E-state index contributed by atoms with van der Waals surface area (Å²) in [5.41, 5.74) is 24.3. The Morgan fingerprint density at radius 3 is 1.61 bits per heavy atom. The molecule has 4 heterocycles. The molecule has 423 valence electrons. The van der Waals surface area contributed by atoms with E-state index in [-0.39, 0.29) is 37.9 Å². The molecule has 0 unspecified atom stereocenters. The van der Waals surface area contributed by atoms with Gasteiger partial charge < -0.3 is 18.6 Å². The number of furan rings is 3. The highest BCUT2D eigenvalue weighted by Crippen LogP contribution is 2.55. The van der Waals surface area contributed by atoms with E-state index in [1.807, 2.05) is 0 Å². The molecule has 4 aliphatic rings. The highest BCUT2D eigenvalue weighted by molar-refractivity contribution is 6.76. The Bertz CT molecular complexity index is 4600. The van der Waals surface area contributed by atoms with Gasteiger partial charge in [-0.1, -0.05) is 165 Å². The molecule has 0 bridgehead atoms. The van der Waals surface area contributed by atoms with Crippen molar-refractivity contribution in [2.24, 2.45) is 0 Å². The molecule has 0 atom stereocenters. The van der Waals surface area contributed by atoms with Crippen molar-refractivity contribution >= 4 is 102 Å². The Labute approximate surface area is 497 Å². The zero-order valence-corrected chi connectivity index (χ0v) is 52.2. The van der Waals surface area contributed by atoms with Crippen LogP contribution in [0.3, 0.4) is 0 Å². The van der Waals surface area contributed by atoms with Crippen molar-refractivity contribution < 1.29 is 13.3 Å². The molecular weight excluding hydrogens is 1020 g/mol. The molecule has 1 N–H and O–H groups in total. The average molecular weight is 1100 g/mol. The van der Waals surface area contributed by atoms with E-state index in [1.165, 1.54) is 38.9 Å². The maximum atomic E-state index is 7.64. The smallest absolute Gasteiger partial charge is 0.203 e. The number of rotatable bonds is 5. The standard InChI is InChI=1S/C78H80BN2O3/c1-72(2,3)45-25-30-60(49(37-45)44-21-17-16-18-22-44)81-61-41-51-47-23-19-20-24-62(47)82-70(51)66(68(61)79-67-52-40-56-58(43-64(52)84-71(67)81)78(14,15)36-34-76(56,10)11)65-59(80-46-26-28-53-54(38-46)74(6,7)32-31-73(53,4)5)29-27-48-50-39-55-57(42-63(50)83-69(48)65)77(12,13)35-33-75(55,8)9/h16-30,37-43,80H,31-36H2,1-15H3. The monoisotopic (exact) mass is 1100 g/mol. The van der Waals surface area contributed by atoms with Crippen LogP contribution in [0, 0.1) is 0 Å². The third-order valence-electron chi connectivity index (χ3n) is 21.3. The van der Waals surface area contributed by atoms with Gasteiger partial charge in [-0.05, 0) is 205 Å². The van der Waals surface area contributed by atoms with E-state index in [1.54, 1.807) is 0 Å². The van der Waals surface area contributed by atoms with Gasteiger partial charge in [-0.15, -0.1) is 0 Å². The second kappa shape index (κ2) is 17.6. The predicted molar refractivity (Wildman–Crippen MR) is 356 cm³/mol. The maximum absolute atomic E-state index is 7.64. The van der Waals surface area contributed by atoms with Gasteiger partial charge in [-0.25, -0.2) is 0 Å². The summed E-state index contributed by atoms with van der Waals surface area (Å²) in [6.07, 6.45) is 6.76. The Balaban J connectivity index is 1.09. The fourth-order valence-corrected chi connectivity index (χ4v) is 15.5. The SMILES string of the molecule is CC(C)(C)c1ccc(N2c3cc4c(oc5ccccc54)c(-c4c(Nc5ccc6c(c5)C(C)(C)CCC6(C)C)ccc5c4oc4cc6c(cc45)C(C)(C)CCC6(C)C)c3[B]c3c2oc2cc4c(cc32)C(C)(C)CCC4(C)C)c(-c2ccccc2)c1. The summed E-state index contributed by atoms with van der Waals surface area (Å²) < 4.78 is 22.6. The number of benzene rings is 8. The van der Waals surface area contributed by atoms with E-state index in [0.717, 1.165) is 155 Å². The van der Waals surface area contributed by atoms with Crippen molar-refractivity contribution in [1.82, 2.24) is 0 Å². The van der Waals surface area contributed by atoms with E-state index < -0.39 is 0 Å². The van der Waals surface area contributed by atoms with E-state index in [0.29, 0.717) is 0 Å². The lowest BCUT2D eigenvalue weighted by Gasteiger charge is -2.42. The van der Waals surface area contributed by atoms with Crippen LogP contribution < -0.4 is 21.1 Å². The van der Waals surface area contributed by atoms with Gasteiger partial charge in [0.15, 0.2) is 5.88 Å². The van der Waals surface area contributed by atoms with E-state index in [4.69, 9.17) is 13.3 Å². The molecule has 3 aromatic heterocycles. The minimum Gasteiger partial charge on any atom is -0.455 e. The minimum absolute atomic E-state index is 0.00130. The average Bonchev–Trinajstić information content (AvgIpc) is 1.50. The molecule has 3 aliphatic carbocycles. The fourth-order valence-electron chi connectivity index (χ4n) is 15.5. The topological polar surface area (TPSA) is 54.7 Å². The summed E-state index contributed by atoms with van der Waals surface area (Å²) in [6.45, 7) is 35.9. The normalized spacial score (nSPS) is 18.8. The van der Waals surface area contributed by atoms with Crippen LogP contribution in [-0.4, -0.2) is 7.28 Å². The van der Waals surface area contributed by atoms with Crippen LogP contribution in [0.25, 0.3) is 77.1 Å². The Kier molecular flexibility index (Phi) is 11.2.